The fourth-order valence-corrected chi connectivity index (χ4v) is 5.24. The normalized spacial score (nSPS) is 23.7. The van der Waals surface area contributed by atoms with E-state index in [-0.39, 0.29) is 17.9 Å². The summed E-state index contributed by atoms with van der Waals surface area (Å²) in [4.78, 5) is 28.1. The van der Waals surface area contributed by atoms with Crippen molar-refractivity contribution in [1.82, 2.24) is 25.7 Å². The average Bonchev–Trinajstić information content (AvgIpc) is 3.32. The Morgan fingerprint density at radius 2 is 1.75 bits per heavy atom. The Bertz CT molecular complexity index is 1100. The van der Waals surface area contributed by atoms with Crippen molar-refractivity contribution in [3.8, 4) is 0 Å². The van der Waals surface area contributed by atoms with Gasteiger partial charge in [-0.2, -0.15) is 5.10 Å². The van der Waals surface area contributed by atoms with Crippen LogP contribution in [0.1, 0.15) is 48.7 Å². The van der Waals surface area contributed by atoms with Gasteiger partial charge in [-0.1, -0.05) is 48.5 Å². The zero-order valence-electron chi connectivity index (χ0n) is 18.3. The maximum absolute atomic E-state index is 12.8. The predicted molar refractivity (Wildman–Crippen MR) is 123 cm³/mol. The van der Waals surface area contributed by atoms with Crippen LogP contribution >= 0.6 is 0 Å². The zero-order valence-corrected chi connectivity index (χ0v) is 18.3. The van der Waals surface area contributed by atoms with Crippen LogP contribution in [-0.2, 0) is 11.3 Å². The van der Waals surface area contributed by atoms with Crippen molar-refractivity contribution < 1.29 is 9.59 Å². The van der Waals surface area contributed by atoms with Gasteiger partial charge in [0.1, 0.15) is 6.04 Å². The van der Waals surface area contributed by atoms with Crippen molar-refractivity contribution in [2.45, 2.75) is 63.3 Å². The fourth-order valence-electron chi connectivity index (χ4n) is 5.24. The summed E-state index contributed by atoms with van der Waals surface area (Å²) in [5, 5.41) is 13.7. The van der Waals surface area contributed by atoms with Crippen LogP contribution in [0, 0.1) is 0 Å². The third kappa shape index (κ3) is 4.12. The molecule has 2 aromatic carbocycles. The van der Waals surface area contributed by atoms with Gasteiger partial charge in [0.15, 0.2) is 5.69 Å². The third-order valence-corrected chi connectivity index (χ3v) is 6.86. The highest BCUT2D eigenvalue weighted by Gasteiger charge is 2.41. The van der Waals surface area contributed by atoms with Gasteiger partial charge in [0.05, 0.1) is 5.52 Å². The molecule has 0 spiro atoms. The van der Waals surface area contributed by atoms with E-state index in [2.05, 4.69) is 56.1 Å². The number of fused-ring (bicyclic) bond motifs is 3. The van der Waals surface area contributed by atoms with Crippen molar-refractivity contribution in [2.75, 3.05) is 0 Å². The highest BCUT2D eigenvalue weighted by molar-refractivity contribution is 6.05. The quantitative estimate of drug-likeness (QED) is 0.560. The molecule has 32 heavy (non-hydrogen) atoms. The predicted octanol–water partition coefficient (Wildman–Crippen LogP) is 2.99. The first-order valence-corrected chi connectivity index (χ1v) is 11.4. The van der Waals surface area contributed by atoms with Gasteiger partial charge in [-0.15, -0.1) is 0 Å². The molecule has 166 valence electrons. The molecule has 2 fully saturated rings. The fraction of sp³-hybridized carbons (Fsp3) is 0.400. The van der Waals surface area contributed by atoms with Crippen molar-refractivity contribution in [3.05, 3.63) is 65.9 Å². The molecule has 5 rings (SSSR count). The highest BCUT2D eigenvalue weighted by Crippen LogP contribution is 2.36. The molecular formula is C25H29N5O2. The number of H-pyrrole nitrogens is 1. The van der Waals surface area contributed by atoms with E-state index in [1.54, 1.807) is 6.92 Å². The van der Waals surface area contributed by atoms with Gasteiger partial charge in [-0.25, -0.2) is 0 Å². The summed E-state index contributed by atoms with van der Waals surface area (Å²) in [5.74, 6) is -0.484. The lowest BCUT2D eigenvalue weighted by Crippen LogP contribution is -2.53. The third-order valence-electron chi connectivity index (χ3n) is 6.86. The molecule has 3 heterocycles. The number of nitrogens with one attached hydrogen (secondary N) is 3. The first-order valence-electron chi connectivity index (χ1n) is 11.4. The molecule has 7 heteroatoms. The second kappa shape index (κ2) is 8.74. The average molecular weight is 432 g/mol. The Labute approximate surface area is 187 Å². The number of hydrogen-bond acceptors (Lipinski definition) is 4. The number of aromatic nitrogens is 2. The molecule has 1 aromatic heterocycles. The first-order chi connectivity index (χ1) is 15.6. The minimum Gasteiger partial charge on any atom is -0.351 e. The molecule has 0 saturated carbocycles. The van der Waals surface area contributed by atoms with Crippen molar-refractivity contribution >= 4 is 22.7 Å². The van der Waals surface area contributed by atoms with Crippen LogP contribution in [0.2, 0.25) is 0 Å². The number of carbonyl (C=O) groups excluding carboxylic acids is 2. The van der Waals surface area contributed by atoms with E-state index < -0.39 is 6.04 Å². The van der Waals surface area contributed by atoms with E-state index in [0.29, 0.717) is 17.8 Å². The number of rotatable bonds is 6. The topological polar surface area (TPSA) is 90.1 Å². The van der Waals surface area contributed by atoms with Gasteiger partial charge in [-0.3, -0.25) is 19.6 Å². The Morgan fingerprint density at radius 3 is 2.50 bits per heavy atom. The first kappa shape index (κ1) is 20.7. The molecule has 3 atom stereocenters. The van der Waals surface area contributed by atoms with Gasteiger partial charge >= 0.3 is 0 Å². The number of nitrogens with zero attached hydrogens (tertiary/aromatic N) is 2. The maximum Gasteiger partial charge on any atom is 0.273 e. The molecular weight excluding hydrogens is 402 g/mol. The molecule has 0 radical (unpaired) electrons. The summed E-state index contributed by atoms with van der Waals surface area (Å²) < 4.78 is 0. The molecule has 3 N–H and O–H groups in total. The van der Waals surface area contributed by atoms with Crippen molar-refractivity contribution in [2.24, 2.45) is 0 Å². The van der Waals surface area contributed by atoms with Crippen LogP contribution < -0.4 is 10.6 Å². The van der Waals surface area contributed by atoms with Gasteiger partial charge in [-0.05, 0) is 44.2 Å². The molecule has 0 aliphatic carbocycles. The van der Waals surface area contributed by atoms with E-state index in [9.17, 15) is 9.59 Å². The molecule has 7 nitrogen and oxygen atoms in total. The van der Waals surface area contributed by atoms with E-state index in [4.69, 9.17) is 0 Å². The number of aromatic amines is 1. The number of benzene rings is 2. The Balaban J connectivity index is 1.16. The van der Waals surface area contributed by atoms with E-state index in [0.717, 1.165) is 30.3 Å². The van der Waals surface area contributed by atoms with Crippen LogP contribution in [0.5, 0.6) is 0 Å². The lowest BCUT2D eigenvalue weighted by molar-refractivity contribution is -0.123. The van der Waals surface area contributed by atoms with Crippen LogP contribution in [0.25, 0.3) is 10.9 Å². The maximum atomic E-state index is 12.8. The summed E-state index contributed by atoms with van der Waals surface area (Å²) in [6.45, 7) is 2.70. The smallest absolute Gasteiger partial charge is 0.273 e. The van der Waals surface area contributed by atoms with Crippen molar-refractivity contribution in [1.29, 1.82) is 0 Å². The molecule has 3 aromatic rings. The molecule has 2 aliphatic rings. The lowest BCUT2D eigenvalue weighted by atomic mass is 9.96. The SMILES string of the molecule is CC(NC(=O)c1n[nH]c2ccccc12)C(=O)NC1CC2CCC(C1)N2Cc1ccccc1. The zero-order chi connectivity index (χ0) is 22.1. The number of amides is 2. The molecule has 2 amide bonds. The highest BCUT2D eigenvalue weighted by atomic mass is 16.2. The summed E-state index contributed by atoms with van der Waals surface area (Å²) >= 11 is 0. The van der Waals surface area contributed by atoms with Crippen LogP contribution in [-0.4, -0.2) is 51.1 Å². The van der Waals surface area contributed by atoms with Crippen LogP contribution in [0.15, 0.2) is 54.6 Å². The Morgan fingerprint density at radius 1 is 1.06 bits per heavy atom. The second-order valence-electron chi connectivity index (χ2n) is 9.03. The minimum atomic E-state index is -0.627. The Kier molecular flexibility index (Phi) is 5.66. The second-order valence-corrected chi connectivity index (χ2v) is 9.03. The molecule has 2 bridgehead atoms. The number of para-hydroxylation sites is 1. The number of hydrogen-bond donors (Lipinski definition) is 3. The number of carbonyl (C=O) groups is 2. The lowest BCUT2D eigenvalue weighted by Gasteiger charge is -2.39. The molecule has 3 unspecified atom stereocenters. The minimum absolute atomic E-state index is 0.140. The number of piperidine rings is 1. The van der Waals surface area contributed by atoms with E-state index in [1.165, 1.54) is 18.4 Å². The van der Waals surface area contributed by atoms with E-state index >= 15 is 0 Å². The van der Waals surface area contributed by atoms with Crippen molar-refractivity contribution in [3.63, 3.8) is 0 Å². The van der Waals surface area contributed by atoms with Crippen LogP contribution in [0.4, 0.5) is 0 Å². The van der Waals surface area contributed by atoms with Gasteiger partial charge < -0.3 is 10.6 Å². The molecule has 2 aliphatic heterocycles. The van der Waals surface area contributed by atoms with Gasteiger partial charge in [0, 0.05) is 30.1 Å². The standard InChI is InChI=1S/C25H29N5O2/c1-16(26-25(32)23-21-9-5-6-10-22(21)28-29-23)24(31)27-18-13-19-11-12-20(14-18)30(19)15-17-7-3-2-4-8-17/h2-10,16,18-20H,11-15H2,1H3,(H,26,32)(H,27,31)(H,28,29). The summed E-state index contributed by atoms with van der Waals surface area (Å²) in [5.41, 5.74) is 2.45. The largest absolute Gasteiger partial charge is 0.351 e. The summed E-state index contributed by atoms with van der Waals surface area (Å²) in [6.07, 6.45) is 4.28. The Hall–Kier alpha value is -3.19. The van der Waals surface area contributed by atoms with Gasteiger partial charge in [0.2, 0.25) is 5.91 Å². The molecule has 2 saturated heterocycles. The summed E-state index contributed by atoms with van der Waals surface area (Å²) in [6, 6.07) is 18.6. The van der Waals surface area contributed by atoms with Gasteiger partial charge in [0.25, 0.3) is 5.91 Å². The van der Waals surface area contributed by atoms with E-state index in [1.807, 2.05) is 24.3 Å². The van der Waals surface area contributed by atoms with Crippen LogP contribution in [0.3, 0.4) is 0 Å². The summed E-state index contributed by atoms with van der Waals surface area (Å²) in [7, 11) is 0. The monoisotopic (exact) mass is 431 g/mol.